The van der Waals surface area contributed by atoms with Crippen LogP contribution in [0.25, 0.3) is 0 Å². The maximum atomic E-state index is 10.2. The molecule has 3 nitrogen and oxygen atoms in total. The summed E-state index contributed by atoms with van der Waals surface area (Å²) in [7, 11) is 4.24. The molecule has 0 heterocycles. The summed E-state index contributed by atoms with van der Waals surface area (Å²) in [5.74, 6) is -0.950. The van der Waals surface area contributed by atoms with E-state index in [9.17, 15) is 9.90 Å². The van der Waals surface area contributed by atoms with Crippen molar-refractivity contribution in [2.45, 2.75) is 39.2 Å². The minimum Gasteiger partial charge on any atom is -0.550 e. The van der Waals surface area contributed by atoms with Crippen LogP contribution in [0.3, 0.4) is 0 Å². The Morgan fingerprint density at radius 3 is 2.08 bits per heavy atom. The van der Waals surface area contributed by atoms with E-state index in [2.05, 4.69) is 34.9 Å². The van der Waals surface area contributed by atoms with Crippen LogP contribution in [0.5, 0.6) is 0 Å². The summed E-state index contributed by atoms with van der Waals surface area (Å²) < 4.78 is 0.834. The van der Waals surface area contributed by atoms with Crippen LogP contribution in [-0.4, -0.2) is 36.6 Å². The lowest BCUT2D eigenvalue weighted by molar-refractivity contribution is -0.935. The number of rotatable bonds is 4. The summed E-state index contributed by atoms with van der Waals surface area (Å²) in [6.07, 6.45) is 0.852. The third kappa shape index (κ3) is 4.27. The number of carboxylic acids is 1. The van der Waals surface area contributed by atoms with Gasteiger partial charge in [0.25, 0.3) is 0 Å². The highest BCUT2D eigenvalue weighted by atomic mass is 16.4. The van der Waals surface area contributed by atoms with E-state index in [0.717, 1.165) is 11.0 Å². The number of quaternary nitrogens is 1. The average Bonchev–Trinajstić information content (AvgIpc) is 1.82. The van der Waals surface area contributed by atoms with Crippen molar-refractivity contribution in [3.05, 3.63) is 0 Å². The normalized spacial score (nSPS) is 13.0. The second-order valence-electron chi connectivity index (χ2n) is 5.05. The third-order valence-corrected chi connectivity index (χ3v) is 2.91. The number of aliphatic carboxylic acids is 1. The lowest BCUT2D eigenvalue weighted by atomic mass is 10.0. The Labute approximate surface area is 80.9 Å². The largest absolute Gasteiger partial charge is 0.550 e. The molecule has 0 bridgehead atoms. The zero-order valence-corrected chi connectivity index (χ0v) is 9.39. The molecule has 0 rings (SSSR count). The van der Waals surface area contributed by atoms with Gasteiger partial charge < -0.3 is 14.4 Å². The second-order valence-corrected chi connectivity index (χ2v) is 5.05. The molecule has 0 aliphatic rings. The van der Waals surface area contributed by atoms with Crippen LogP contribution in [-0.2, 0) is 4.79 Å². The van der Waals surface area contributed by atoms with Gasteiger partial charge in [-0.15, -0.1) is 0 Å². The molecule has 0 N–H and O–H groups in total. The molecular formula is C10H21NO2. The average molecular weight is 187 g/mol. The molecule has 0 aromatic carbocycles. The first-order valence-electron chi connectivity index (χ1n) is 4.70. The van der Waals surface area contributed by atoms with Gasteiger partial charge in [-0.2, -0.15) is 0 Å². The molecule has 0 saturated carbocycles. The fraction of sp³-hybridized carbons (Fsp3) is 0.900. The third-order valence-electron chi connectivity index (χ3n) is 2.91. The van der Waals surface area contributed by atoms with Crippen LogP contribution in [0.1, 0.15) is 33.6 Å². The number of carbonyl (C=O) groups is 1. The predicted molar refractivity (Wildman–Crippen MR) is 51.0 cm³/mol. The van der Waals surface area contributed by atoms with Gasteiger partial charge in [0, 0.05) is 12.4 Å². The van der Waals surface area contributed by atoms with Crippen LogP contribution in [0.15, 0.2) is 0 Å². The highest BCUT2D eigenvalue weighted by molar-refractivity contribution is 5.64. The molecule has 78 valence electrons. The van der Waals surface area contributed by atoms with Gasteiger partial charge in [-0.05, 0) is 27.2 Å². The van der Waals surface area contributed by atoms with Crippen molar-refractivity contribution >= 4 is 5.97 Å². The summed E-state index contributed by atoms with van der Waals surface area (Å²) >= 11 is 0. The molecule has 0 aromatic heterocycles. The molecule has 0 aromatic rings. The van der Waals surface area contributed by atoms with Crippen molar-refractivity contribution in [3.8, 4) is 0 Å². The molecule has 0 spiro atoms. The number of hydrogen-bond donors (Lipinski definition) is 0. The first kappa shape index (κ1) is 12.4. The summed E-state index contributed by atoms with van der Waals surface area (Å²) in [6.45, 7) is 7.35. The molecule has 13 heavy (non-hydrogen) atoms. The molecule has 0 fully saturated rings. The fourth-order valence-corrected chi connectivity index (χ4v) is 0.954. The van der Waals surface area contributed by atoms with Crippen LogP contribution in [0.4, 0.5) is 0 Å². The molecule has 3 heteroatoms. The van der Waals surface area contributed by atoms with E-state index in [-0.39, 0.29) is 12.0 Å². The molecular weight excluding hydrogens is 166 g/mol. The van der Waals surface area contributed by atoms with Crippen LogP contribution < -0.4 is 5.11 Å². The van der Waals surface area contributed by atoms with Gasteiger partial charge in [0.05, 0.1) is 26.2 Å². The summed E-state index contributed by atoms with van der Waals surface area (Å²) in [4.78, 5) is 10.2. The Hall–Kier alpha value is -0.570. The quantitative estimate of drug-likeness (QED) is 0.597. The standard InChI is InChI=1S/C10H21NO2/c1-10(2,3)11(4,5)8-6-7-9(12)13/h6-8H2,1-5H3. The predicted octanol–water partition coefficient (Wildman–Crippen LogP) is 0.391. The van der Waals surface area contributed by atoms with E-state index in [1.807, 2.05) is 0 Å². The van der Waals surface area contributed by atoms with Gasteiger partial charge in [-0.25, -0.2) is 0 Å². The van der Waals surface area contributed by atoms with E-state index < -0.39 is 5.97 Å². The molecule has 0 aliphatic carbocycles. The van der Waals surface area contributed by atoms with E-state index in [1.165, 1.54) is 0 Å². The lowest BCUT2D eigenvalue weighted by Crippen LogP contribution is -2.54. The zero-order chi connectivity index (χ0) is 10.7. The van der Waals surface area contributed by atoms with Crippen molar-refractivity contribution in [2.75, 3.05) is 20.6 Å². The van der Waals surface area contributed by atoms with Gasteiger partial charge in [-0.1, -0.05) is 0 Å². The smallest absolute Gasteiger partial charge is 0.0903 e. The molecule has 0 amide bonds. The van der Waals surface area contributed by atoms with Crippen molar-refractivity contribution in [2.24, 2.45) is 0 Å². The highest BCUT2D eigenvalue weighted by Gasteiger charge is 2.30. The van der Waals surface area contributed by atoms with Crippen molar-refractivity contribution < 1.29 is 14.4 Å². The molecule has 0 unspecified atom stereocenters. The van der Waals surface area contributed by atoms with E-state index >= 15 is 0 Å². The fourth-order valence-electron chi connectivity index (χ4n) is 0.954. The molecule has 0 aliphatic heterocycles. The molecule has 0 radical (unpaired) electrons. The van der Waals surface area contributed by atoms with Gasteiger partial charge in [0.1, 0.15) is 0 Å². The number of carboxylic acid groups (broad SMARTS) is 1. The van der Waals surface area contributed by atoms with E-state index in [0.29, 0.717) is 6.42 Å². The zero-order valence-electron chi connectivity index (χ0n) is 9.39. The maximum Gasteiger partial charge on any atom is 0.0903 e. The minimum atomic E-state index is -0.950. The Bertz CT molecular complexity index is 180. The first-order valence-corrected chi connectivity index (χ1v) is 4.70. The minimum absolute atomic E-state index is 0.159. The summed E-state index contributed by atoms with van der Waals surface area (Å²) in [5, 5.41) is 10.2. The SMILES string of the molecule is CC(C)(C)[N+](C)(C)CCCC(=O)[O-]. The Balaban J connectivity index is 3.97. The van der Waals surface area contributed by atoms with Gasteiger partial charge >= 0.3 is 0 Å². The Kier molecular flexibility index (Phi) is 3.91. The highest BCUT2D eigenvalue weighted by Crippen LogP contribution is 2.19. The molecule has 0 atom stereocenters. The van der Waals surface area contributed by atoms with Gasteiger partial charge in [0.2, 0.25) is 0 Å². The Morgan fingerprint density at radius 2 is 1.77 bits per heavy atom. The van der Waals surface area contributed by atoms with Gasteiger partial charge in [0.15, 0.2) is 0 Å². The number of carbonyl (C=O) groups excluding carboxylic acids is 1. The van der Waals surface area contributed by atoms with Crippen LogP contribution in [0.2, 0.25) is 0 Å². The second kappa shape index (κ2) is 4.09. The number of hydrogen-bond acceptors (Lipinski definition) is 2. The summed E-state index contributed by atoms with van der Waals surface area (Å²) in [5.41, 5.74) is 0.159. The first-order chi connectivity index (χ1) is 5.67. The maximum absolute atomic E-state index is 10.2. The number of nitrogens with zero attached hydrogens (tertiary/aromatic N) is 1. The monoisotopic (exact) mass is 187 g/mol. The van der Waals surface area contributed by atoms with Gasteiger partial charge in [-0.3, -0.25) is 0 Å². The van der Waals surface area contributed by atoms with Crippen LogP contribution in [0, 0.1) is 0 Å². The van der Waals surface area contributed by atoms with Crippen molar-refractivity contribution in [3.63, 3.8) is 0 Å². The van der Waals surface area contributed by atoms with Crippen molar-refractivity contribution in [1.82, 2.24) is 0 Å². The Morgan fingerprint density at radius 1 is 1.31 bits per heavy atom. The van der Waals surface area contributed by atoms with E-state index in [1.54, 1.807) is 0 Å². The van der Waals surface area contributed by atoms with Crippen LogP contribution >= 0.6 is 0 Å². The van der Waals surface area contributed by atoms with Crippen molar-refractivity contribution in [1.29, 1.82) is 0 Å². The molecule has 0 saturated heterocycles. The lowest BCUT2D eigenvalue weighted by Gasteiger charge is -2.42. The van der Waals surface area contributed by atoms with E-state index in [4.69, 9.17) is 0 Å². The topological polar surface area (TPSA) is 40.1 Å². The summed E-state index contributed by atoms with van der Waals surface area (Å²) in [6, 6.07) is 0.